The molecular formula is C31H28F4N4O4S. The Morgan fingerprint density at radius 2 is 1.68 bits per heavy atom. The zero-order valence-corrected chi connectivity index (χ0v) is 24.5. The van der Waals surface area contributed by atoms with Gasteiger partial charge in [0.2, 0.25) is 15.9 Å². The summed E-state index contributed by atoms with van der Waals surface area (Å²) in [6.45, 7) is 1.62. The first kappa shape index (κ1) is 31.1. The molecule has 1 amide bonds. The number of para-hydroxylation sites is 1. The van der Waals surface area contributed by atoms with Gasteiger partial charge in [0.25, 0.3) is 0 Å². The zero-order valence-electron chi connectivity index (χ0n) is 23.7. The van der Waals surface area contributed by atoms with Crippen LogP contribution in [0.4, 0.5) is 23.4 Å². The fourth-order valence-electron chi connectivity index (χ4n) is 5.54. The number of aromatic nitrogens is 2. The van der Waals surface area contributed by atoms with Crippen molar-refractivity contribution in [1.82, 2.24) is 14.5 Å². The lowest BCUT2D eigenvalue weighted by molar-refractivity contribution is -0.137. The van der Waals surface area contributed by atoms with E-state index in [1.54, 1.807) is 37.3 Å². The topological polar surface area (TPSA) is 101 Å². The number of rotatable bonds is 9. The van der Waals surface area contributed by atoms with Gasteiger partial charge in [-0.15, -0.1) is 0 Å². The summed E-state index contributed by atoms with van der Waals surface area (Å²) in [4.78, 5) is 29.2. The summed E-state index contributed by atoms with van der Waals surface area (Å²) in [5, 5.41) is 4.71. The third-order valence-corrected chi connectivity index (χ3v) is 8.16. The molecule has 0 aliphatic carbocycles. The Morgan fingerprint density at radius 3 is 2.30 bits per heavy atom. The number of hydrogen-bond donors (Lipinski definition) is 1. The van der Waals surface area contributed by atoms with E-state index in [1.165, 1.54) is 39.9 Å². The first-order valence-electron chi connectivity index (χ1n) is 13.7. The summed E-state index contributed by atoms with van der Waals surface area (Å²) in [5.74, 6) is -3.39. The highest BCUT2D eigenvalue weighted by Crippen LogP contribution is 2.47. The fraction of sp³-hybridized carbons (Fsp3) is 0.258. The fourth-order valence-corrected chi connectivity index (χ4v) is 5.94. The van der Waals surface area contributed by atoms with Crippen LogP contribution < -0.4 is 9.62 Å². The zero-order chi connectivity index (χ0) is 31.8. The van der Waals surface area contributed by atoms with Crippen molar-refractivity contribution in [3.63, 3.8) is 0 Å². The number of nitrogens with zero attached hydrogens (tertiary/aromatic N) is 3. The molecule has 1 aliphatic rings. The van der Waals surface area contributed by atoms with E-state index in [4.69, 9.17) is 5.10 Å². The smallest absolute Gasteiger partial charge is 0.296 e. The molecule has 13 heteroatoms. The average molecular weight is 629 g/mol. The summed E-state index contributed by atoms with van der Waals surface area (Å²) in [7, 11) is -3.68. The molecule has 0 radical (unpaired) electrons. The summed E-state index contributed by atoms with van der Waals surface area (Å²) in [6.07, 6.45) is -4.15. The van der Waals surface area contributed by atoms with Crippen LogP contribution in [0.15, 0.2) is 78.9 Å². The van der Waals surface area contributed by atoms with Crippen molar-refractivity contribution >= 4 is 27.5 Å². The highest BCUT2D eigenvalue weighted by molar-refractivity contribution is 7.88. The average Bonchev–Trinajstić information content (AvgIpc) is 3.36. The predicted octanol–water partition coefficient (Wildman–Crippen LogP) is 5.47. The Hall–Kier alpha value is -4.36. The van der Waals surface area contributed by atoms with Crippen molar-refractivity contribution in [2.24, 2.45) is 5.92 Å². The number of anilines is 1. The van der Waals surface area contributed by atoms with Crippen LogP contribution in [0, 0.1) is 11.7 Å². The van der Waals surface area contributed by atoms with Gasteiger partial charge >= 0.3 is 6.18 Å². The molecule has 1 aromatic heterocycles. The number of amides is 1. The molecule has 230 valence electrons. The van der Waals surface area contributed by atoms with Crippen LogP contribution in [0.5, 0.6) is 0 Å². The SMILES string of the molecule is CCN1C(=O)[C@@H](CC(=O)c2cccc(C(F)(F)F)c2)[C@@H](c2ccc(F)cc2)c2c(CNS(C)(=O)=O)nn(-c3ccccc3)c21. The number of Topliss-reactive ketones (excluding diaryl/α,β-unsaturated/α-hetero) is 1. The number of fused-ring (bicyclic) bond motifs is 1. The van der Waals surface area contributed by atoms with Crippen LogP contribution in [0.2, 0.25) is 0 Å². The third-order valence-electron chi connectivity index (χ3n) is 7.49. The third kappa shape index (κ3) is 6.29. The molecule has 44 heavy (non-hydrogen) atoms. The van der Waals surface area contributed by atoms with Gasteiger partial charge in [0, 0.05) is 30.0 Å². The first-order valence-corrected chi connectivity index (χ1v) is 15.6. The summed E-state index contributed by atoms with van der Waals surface area (Å²) in [5.41, 5.74) is 0.539. The number of halogens is 4. The van der Waals surface area contributed by atoms with Crippen molar-refractivity contribution in [1.29, 1.82) is 0 Å². The largest absolute Gasteiger partial charge is 0.416 e. The maximum atomic E-state index is 14.2. The quantitative estimate of drug-likeness (QED) is 0.196. The molecule has 2 heterocycles. The summed E-state index contributed by atoms with van der Waals surface area (Å²) >= 11 is 0. The molecule has 0 unspecified atom stereocenters. The molecule has 8 nitrogen and oxygen atoms in total. The highest BCUT2D eigenvalue weighted by Gasteiger charge is 2.46. The lowest BCUT2D eigenvalue weighted by atomic mass is 9.74. The van der Waals surface area contributed by atoms with Gasteiger partial charge in [0.15, 0.2) is 5.78 Å². The number of benzene rings is 3. The Morgan fingerprint density at radius 1 is 1.00 bits per heavy atom. The molecule has 0 saturated heterocycles. The number of alkyl halides is 3. The normalized spacial score (nSPS) is 17.0. The van der Waals surface area contributed by atoms with Gasteiger partial charge in [-0.1, -0.05) is 42.5 Å². The molecule has 4 aromatic rings. The summed E-state index contributed by atoms with van der Waals surface area (Å²) in [6, 6.07) is 18.2. The van der Waals surface area contributed by atoms with E-state index in [0.717, 1.165) is 24.5 Å². The van der Waals surface area contributed by atoms with Crippen molar-refractivity contribution < 1.29 is 35.6 Å². The van der Waals surface area contributed by atoms with Crippen LogP contribution in [-0.4, -0.2) is 42.7 Å². The standard InChI is InChI=1S/C31H28F4N4O4S/c1-3-38-29-28(25(18-36-44(2,42)43)37-39(29)23-10-5-4-6-11-23)27(19-12-14-22(32)15-13-19)24(30(38)41)17-26(40)20-8-7-9-21(16-20)31(33,34)35/h4-16,24,27,36H,3,17-18H2,1-2H3/t24-,27+/m0/s1. The van der Waals surface area contributed by atoms with Crippen molar-refractivity contribution in [2.75, 3.05) is 17.7 Å². The van der Waals surface area contributed by atoms with Gasteiger partial charge in [-0.25, -0.2) is 22.2 Å². The number of carbonyl (C=O) groups is 2. The molecule has 1 N–H and O–H groups in total. The lowest BCUT2D eigenvalue weighted by Crippen LogP contribution is -2.45. The number of carbonyl (C=O) groups excluding carboxylic acids is 2. The summed E-state index contributed by atoms with van der Waals surface area (Å²) < 4.78 is 82.4. The van der Waals surface area contributed by atoms with Crippen molar-refractivity contribution in [3.8, 4) is 5.69 Å². The van der Waals surface area contributed by atoms with Gasteiger partial charge in [-0.05, 0) is 48.9 Å². The van der Waals surface area contributed by atoms with E-state index in [1.807, 2.05) is 0 Å². The van der Waals surface area contributed by atoms with E-state index in [9.17, 15) is 35.6 Å². The highest BCUT2D eigenvalue weighted by atomic mass is 32.2. The minimum atomic E-state index is -4.67. The molecule has 0 saturated carbocycles. The van der Waals surface area contributed by atoms with E-state index in [0.29, 0.717) is 22.6 Å². The molecular weight excluding hydrogens is 600 g/mol. The first-order chi connectivity index (χ1) is 20.8. The Balaban J connectivity index is 1.71. The van der Waals surface area contributed by atoms with Gasteiger partial charge in [0.1, 0.15) is 11.6 Å². The maximum absolute atomic E-state index is 14.2. The van der Waals surface area contributed by atoms with Gasteiger partial charge < -0.3 is 0 Å². The van der Waals surface area contributed by atoms with Gasteiger partial charge in [-0.2, -0.15) is 18.3 Å². The number of sulfonamides is 1. The monoisotopic (exact) mass is 628 g/mol. The Bertz CT molecular complexity index is 1810. The van der Waals surface area contributed by atoms with E-state index < -0.39 is 57.5 Å². The van der Waals surface area contributed by atoms with Gasteiger partial charge in [-0.3, -0.25) is 14.5 Å². The van der Waals surface area contributed by atoms with Crippen LogP contribution >= 0.6 is 0 Å². The Labute approximate surface area is 251 Å². The van der Waals surface area contributed by atoms with Crippen molar-refractivity contribution in [3.05, 3.63) is 113 Å². The second-order valence-electron chi connectivity index (χ2n) is 10.4. The van der Waals surface area contributed by atoms with Crippen LogP contribution in [0.1, 0.15) is 52.0 Å². The van der Waals surface area contributed by atoms with Gasteiger partial charge in [0.05, 0.1) is 35.7 Å². The number of hydrogen-bond acceptors (Lipinski definition) is 5. The minimum absolute atomic E-state index is 0.147. The van der Waals surface area contributed by atoms with Crippen molar-refractivity contribution in [2.45, 2.75) is 32.0 Å². The lowest BCUT2D eigenvalue weighted by Gasteiger charge is -2.38. The molecule has 1 aliphatic heterocycles. The minimum Gasteiger partial charge on any atom is -0.296 e. The van der Waals surface area contributed by atoms with E-state index >= 15 is 0 Å². The number of ketones is 1. The van der Waals surface area contributed by atoms with Crippen LogP contribution in [0.25, 0.3) is 5.69 Å². The Kier molecular flexibility index (Phi) is 8.45. The van der Waals surface area contributed by atoms with E-state index in [-0.39, 0.29) is 24.3 Å². The number of nitrogens with one attached hydrogen (secondary N) is 1. The van der Waals surface area contributed by atoms with Crippen LogP contribution in [0.3, 0.4) is 0 Å². The second kappa shape index (κ2) is 12.0. The molecule has 2 atom stereocenters. The van der Waals surface area contributed by atoms with Crippen LogP contribution in [-0.2, 0) is 27.5 Å². The molecule has 0 bridgehead atoms. The maximum Gasteiger partial charge on any atom is 0.416 e. The molecule has 3 aromatic carbocycles. The molecule has 0 spiro atoms. The molecule has 5 rings (SSSR count). The molecule has 0 fully saturated rings. The van der Waals surface area contributed by atoms with E-state index in [2.05, 4.69) is 4.72 Å². The second-order valence-corrected chi connectivity index (χ2v) is 12.3. The predicted molar refractivity (Wildman–Crippen MR) is 155 cm³/mol.